The smallest absolute Gasteiger partial charge is 0.234 e. The number of carbonyl (C=O) groups is 1. The van der Waals surface area contributed by atoms with Gasteiger partial charge in [-0.1, -0.05) is 6.42 Å². The molecule has 2 aromatic rings. The van der Waals surface area contributed by atoms with E-state index in [1.54, 1.807) is 0 Å². The van der Waals surface area contributed by atoms with Crippen molar-refractivity contribution in [2.75, 3.05) is 43.6 Å². The zero-order valence-corrected chi connectivity index (χ0v) is 21.5. The van der Waals surface area contributed by atoms with Crippen LogP contribution in [0.5, 0.6) is 5.88 Å². The number of fused-ring (bicyclic) bond motifs is 2. The van der Waals surface area contributed by atoms with Gasteiger partial charge in [-0.3, -0.25) is 14.8 Å². The molecule has 2 aromatic heterocycles. The van der Waals surface area contributed by atoms with Crippen molar-refractivity contribution >= 4 is 23.5 Å². The molecular weight excluding hydrogens is 460 g/mol. The number of H-pyrrole nitrogens is 1. The summed E-state index contributed by atoms with van der Waals surface area (Å²) >= 11 is 0. The number of aromatic nitrogens is 4. The average molecular weight is 499 g/mol. The van der Waals surface area contributed by atoms with Gasteiger partial charge in [0.05, 0.1) is 19.8 Å². The standard InChI is InChI=1S/C25H38N8O3/c1-4-26-23(34)14-33-17-6-5-7-18(33)12-19(11-17)32(3)25-28-21(27-22-10-16(2)30-31-22)13-24(29-25)36-20-8-9-35-15-20/h10,13,17-20H,4-9,11-12,14-15H2,1-3H3,(H,26,34)(H2,27,28,29,30,31)/t17-,18+,19-,20-/m1/s1. The number of ether oxygens (including phenoxy) is 2. The number of hydrogen-bond acceptors (Lipinski definition) is 9. The van der Waals surface area contributed by atoms with Gasteiger partial charge in [0.2, 0.25) is 17.7 Å². The Morgan fingerprint density at radius 3 is 2.69 bits per heavy atom. The first-order valence-corrected chi connectivity index (χ1v) is 13.2. The molecule has 3 fully saturated rings. The number of likely N-dealkylation sites (N-methyl/N-ethyl adjacent to an activating group) is 1. The normalized spacial score (nSPS) is 26.0. The number of aromatic amines is 1. The highest BCUT2D eigenvalue weighted by Crippen LogP contribution is 2.37. The van der Waals surface area contributed by atoms with Gasteiger partial charge in [0.1, 0.15) is 11.9 Å². The Hall–Kier alpha value is -2.92. The molecular formula is C25H38N8O3. The highest BCUT2D eigenvalue weighted by Gasteiger charge is 2.40. The van der Waals surface area contributed by atoms with Crippen LogP contribution in [0.4, 0.5) is 17.6 Å². The number of anilines is 3. The molecule has 1 amide bonds. The fourth-order valence-electron chi connectivity index (χ4n) is 5.69. The Balaban J connectivity index is 1.34. The molecule has 3 N–H and O–H groups in total. The summed E-state index contributed by atoms with van der Waals surface area (Å²) in [7, 11) is 2.07. The second-order valence-electron chi connectivity index (χ2n) is 10.2. The Labute approximate surface area is 212 Å². The highest BCUT2D eigenvalue weighted by molar-refractivity contribution is 5.78. The molecule has 0 aromatic carbocycles. The van der Waals surface area contributed by atoms with E-state index >= 15 is 0 Å². The van der Waals surface area contributed by atoms with Crippen LogP contribution in [0.2, 0.25) is 0 Å². The van der Waals surface area contributed by atoms with Gasteiger partial charge in [-0.2, -0.15) is 15.1 Å². The molecule has 0 unspecified atom stereocenters. The van der Waals surface area contributed by atoms with Gasteiger partial charge in [0.15, 0.2) is 5.82 Å². The minimum absolute atomic E-state index is 0.00426. The molecule has 3 saturated heterocycles. The number of carbonyl (C=O) groups excluding carboxylic acids is 1. The molecule has 4 atom stereocenters. The Morgan fingerprint density at radius 2 is 2.03 bits per heavy atom. The van der Waals surface area contributed by atoms with Gasteiger partial charge in [-0.05, 0) is 39.5 Å². The quantitative estimate of drug-likeness (QED) is 0.478. The van der Waals surface area contributed by atoms with Crippen LogP contribution >= 0.6 is 0 Å². The molecule has 3 aliphatic rings. The Morgan fingerprint density at radius 1 is 1.22 bits per heavy atom. The first-order valence-electron chi connectivity index (χ1n) is 13.2. The molecule has 36 heavy (non-hydrogen) atoms. The van der Waals surface area contributed by atoms with E-state index in [1.807, 2.05) is 26.0 Å². The Bertz CT molecular complexity index is 1030. The molecule has 3 aliphatic heterocycles. The van der Waals surface area contributed by atoms with Gasteiger partial charge in [0.25, 0.3) is 0 Å². The van der Waals surface area contributed by atoms with Crippen molar-refractivity contribution in [3.05, 3.63) is 17.8 Å². The van der Waals surface area contributed by atoms with Crippen molar-refractivity contribution in [3.8, 4) is 5.88 Å². The number of nitrogens with zero attached hydrogens (tertiary/aromatic N) is 5. The summed E-state index contributed by atoms with van der Waals surface area (Å²) in [4.78, 5) is 26.6. The minimum Gasteiger partial charge on any atom is -0.472 e. The topological polar surface area (TPSA) is 121 Å². The maximum atomic E-state index is 12.3. The number of amides is 1. The summed E-state index contributed by atoms with van der Waals surface area (Å²) in [6.07, 6.45) is 6.28. The van der Waals surface area contributed by atoms with Crippen molar-refractivity contribution in [1.82, 2.24) is 30.4 Å². The van der Waals surface area contributed by atoms with E-state index in [4.69, 9.17) is 19.4 Å². The van der Waals surface area contributed by atoms with E-state index in [0.29, 0.717) is 61.9 Å². The van der Waals surface area contributed by atoms with Crippen LogP contribution in [-0.4, -0.2) is 88.6 Å². The first kappa shape index (κ1) is 24.8. The lowest BCUT2D eigenvalue weighted by atomic mass is 9.81. The summed E-state index contributed by atoms with van der Waals surface area (Å²) < 4.78 is 11.7. The highest BCUT2D eigenvalue weighted by atomic mass is 16.5. The fourth-order valence-corrected chi connectivity index (χ4v) is 5.69. The van der Waals surface area contributed by atoms with Crippen molar-refractivity contribution in [1.29, 1.82) is 0 Å². The van der Waals surface area contributed by atoms with Gasteiger partial charge < -0.3 is 25.0 Å². The van der Waals surface area contributed by atoms with E-state index in [-0.39, 0.29) is 18.1 Å². The lowest BCUT2D eigenvalue weighted by Crippen LogP contribution is -2.58. The third-order valence-electron chi connectivity index (χ3n) is 7.49. The molecule has 2 bridgehead atoms. The molecule has 5 heterocycles. The van der Waals surface area contributed by atoms with Gasteiger partial charge >= 0.3 is 0 Å². The summed E-state index contributed by atoms with van der Waals surface area (Å²) in [6.45, 7) is 6.36. The van der Waals surface area contributed by atoms with Gasteiger partial charge in [-0.15, -0.1) is 0 Å². The molecule has 11 heteroatoms. The van der Waals surface area contributed by atoms with Crippen LogP contribution in [0.3, 0.4) is 0 Å². The maximum absolute atomic E-state index is 12.3. The van der Waals surface area contributed by atoms with Crippen LogP contribution < -0.4 is 20.3 Å². The predicted molar refractivity (Wildman–Crippen MR) is 137 cm³/mol. The Kier molecular flexibility index (Phi) is 7.56. The minimum atomic E-state index is -0.00426. The second kappa shape index (κ2) is 11.0. The van der Waals surface area contributed by atoms with Crippen LogP contribution in [0.25, 0.3) is 0 Å². The molecule has 0 spiro atoms. The van der Waals surface area contributed by atoms with Crippen LogP contribution in [0.1, 0.15) is 51.1 Å². The van der Waals surface area contributed by atoms with Crippen LogP contribution in [0.15, 0.2) is 12.1 Å². The van der Waals surface area contributed by atoms with Crippen molar-refractivity contribution in [2.45, 2.75) is 76.6 Å². The first-order chi connectivity index (χ1) is 17.5. The van der Waals surface area contributed by atoms with Crippen LogP contribution in [-0.2, 0) is 9.53 Å². The molecule has 0 radical (unpaired) electrons. The number of hydrogen-bond donors (Lipinski definition) is 3. The number of piperidine rings is 2. The summed E-state index contributed by atoms with van der Waals surface area (Å²) in [5.74, 6) is 2.62. The zero-order chi connectivity index (χ0) is 25.1. The average Bonchev–Trinajstić information content (AvgIpc) is 3.50. The van der Waals surface area contributed by atoms with Crippen molar-refractivity contribution in [2.24, 2.45) is 0 Å². The number of rotatable bonds is 9. The molecule has 196 valence electrons. The zero-order valence-electron chi connectivity index (χ0n) is 21.5. The maximum Gasteiger partial charge on any atom is 0.234 e. The summed E-state index contributed by atoms with van der Waals surface area (Å²) in [6, 6.07) is 4.84. The monoisotopic (exact) mass is 498 g/mol. The van der Waals surface area contributed by atoms with Crippen LogP contribution in [0, 0.1) is 6.92 Å². The van der Waals surface area contributed by atoms with E-state index in [1.165, 1.54) is 6.42 Å². The largest absolute Gasteiger partial charge is 0.472 e. The summed E-state index contributed by atoms with van der Waals surface area (Å²) in [5.41, 5.74) is 0.967. The number of nitrogens with one attached hydrogen (secondary N) is 3. The lowest BCUT2D eigenvalue weighted by molar-refractivity contribution is -0.125. The van der Waals surface area contributed by atoms with Gasteiger partial charge in [0, 0.05) is 56.0 Å². The van der Waals surface area contributed by atoms with Crippen molar-refractivity contribution in [3.63, 3.8) is 0 Å². The predicted octanol–water partition coefficient (Wildman–Crippen LogP) is 2.38. The van der Waals surface area contributed by atoms with E-state index in [2.05, 4.69) is 37.7 Å². The summed E-state index contributed by atoms with van der Waals surface area (Å²) in [5, 5.41) is 13.5. The number of aryl methyl sites for hydroxylation is 1. The van der Waals surface area contributed by atoms with E-state index in [0.717, 1.165) is 37.8 Å². The van der Waals surface area contributed by atoms with Crippen molar-refractivity contribution < 1.29 is 14.3 Å². The van der Waals surface area contributed by atoms with Gasteiger partial charge in [-0.25, -0.2) is 0 Å². The fraction of sp³-hybridized carbons (Fsp3) is 0.680. The van der Waals surface area contributed by atoms with E-state index < -0.39 is 0 Å². The molecule has 5 rings (SSSR count). The molecule has 11 nitrogen and oxygen atoms in total. The third kappa shape index (κ3) is 5.73. The SMILES string of the molecule is CCNC(=O)CN1[C@@H]2CCC[C@H]1C[C@H](N(C)c1nc(Nc3cc(C)[nH]n3)cc(O[C@@H]3CCOC3)n1)C2. The molecule has 0 aliphatic carbocycles. The van der Waals surface area contributed by atoms with E-state index in [9.17, 15) is 4.79 Å². The lowest BCUT2D eigenvalue weighted by Gasteiger charge is -2.50. The third-order valence-corrected chi connectivity index (χ3v) is 7.49. The second-order valence-corrected chi connectivity index (χ2v) is 10.2. The molecule has 0 saturated carbocycles.